The lowest BCUT2D eigenvalue weighted by molar-refractivity contribution is 0.408. The van der Waals surface area contributed by atoms with E-state index < -0.39 is 0 Å². The van der Waals surface area contributed by atoms with Gasteiger partial charge in [0.2, 0.25) is 0 Å². The Hall–Kier alpha value is -2.63. The molecular formula is C13H12N4O2. The number of aromatic nitrogens is 4. The van der Waals surface area contributed by atoms with Crippen LogP contribution in [-0.2, 0) is 0 Å². The van der Waals surface area contributed by atoms with Crippen LogP contribution in [0.3, 0.4) is 0 Å². The molecule has 6 heteroatoms. The van der Waals surface area contributed by atoms with Crippen LogP contribution < -0.4 is 0 Å². The van der Waals surface area contributed by atoms with Crippen LogP contribution in [-0.4, -0.2) is 24.8 Å². The summed E-state index contributed by atoms with van der Waals surface area (Å²) in [5.74, 6) is 0.962. The van der Waals surface area contributed by atoms with E-state index in [0.717, 1.165) is 0 Å². The van der Waals surface area contributed by atoms with Crippen LogP contribution in [0.5, 0.6) is 5.75 Å². The fourth-order valence-electron chi connectivity index (χ4n) is 1.80. The number of hydrogen-bond acceptors (Lipinski definition) is 5. The summed E-state index contributed by atoms with van der Waals surface area (Å²) in [5.41, 5.74) is 0.527. The normalized spacial score (nSPS) is 12.5. The van der Waals surface area contributed by atoms with Crippen molar-refractivity contribution < 1.29 is 9.63 Å². The molecule has 19 heavy (non-hydrogen) atoms. The number of para-hydroxylation sites is 1. The Labute approximate surface area is 109 Å². The minimum Gasteiger partial charge on any atom is -0.507 e. The maximum Gasteiger partial charge on any atom is 0.261 e. The molecule has 0 aliphatic carbocycles. The molecule has 0 saturated heterocycles. The molecule has 3 rings (SSSR count). The highest BCUT2D eigenvalue weighted by Gasteiger charge is 2.17. The molecule has 96 valence electrons. The van der Waals surface area contributed by atoms with Gasteiger partial charge in [0.15, 0.2) is 5.82 Å². The molecule has 0 unspecified atom stereocenters. The third-order valence-corrected chi connectivity index (χ3v) is 2.92. The van der Waals surface area contributed by atoms with E-state index in [1.165, 1.54) is 0 Å². The van der Waals surface area contributed by atoms with Gasteiger partial charge >= 0.3 is 0 Å². The van der Waals surface area contributed by atoms with Gasteiger partial charge in [-0.05, 0) is 19.1 Å². The topological polar surface area (TPSA) is 77.0 Å². The molecule has 1 atom stereocenters. The van der Waals surface area contributed by atoms with Crippen molar-refractivity contribution in [3.63, 3.8) is 0 Å². The molecule has 2 heterocycles. The van der Waals surface area contributed by atoms with Gasteiger partial charge in [0.25, 0.3) is 5.89 Å². The quantitative estimate of drug-likeness (QED) is 0.777. The lowest BCUT2D eigenvalue weighted by Gasteiger charge is -2.06. The Morgan fingerprint density at radius 3 is 2.89 bits per heavy atom. The smallest absolute Gasteiger partial charge is 0.261 e. The summed E-state index contributed by atoms with van der Waals surface area (Å²) >= 11 is 0. The number of aromatic hydroxyl groups is 1. The standard InChI is InChI=1S/C13H12N4O2/c1-9(17-7-6-14-8-17)12-15-13(19-16-12)10-4-2-3-5-11(10)18/h2-9,18H,1H3/t9-/m0/s1. The fraction of sp³-hybridized carbons (Fsp3) is 0.154. The van der Waals surface area contributed by atoms with Gasteiger partial charge in [-0.2, -0.15) is 4.98 Å². The van der Waals surface area contributed by atoms with Crippen LogP contribution in [0.25, 0.3) is 11.5 Å². The van der Waals surface area contributed by atoms with Gasteiger partial charge in [-0.25, -0.2) is 4.98 Å². The first-order valence-electron chi connectivity index (χ1n) is 5.85. The monoisotopic (exact) mass is 256 g/mol. The zero-order valence-corrected chi connectivity index (χ0v) is 10.3. The summed E-state index contributed by atoms with van der Waals surface area (Å²) < 4.78 is 7.07. The fourth-order valence-corrected chi connectivity index (χ4v) is 1.80. The summed E-state index contributed by atoms with van der Waals surface area (Å²) in [4.78, 5) is 8.30. The van der Waals surface area contributed by atoms with Crippen molar-refractivity contribution in [2.75, 3.05) is 0 Å². The second-order valence-corrected chi connectivity index (χ2v) is 4.16. The molecule has 1 aromatic carbocycles. The lowest BCUT2D eigenvalue weighted by Crippen LogP contribution is -2.06. The molecule has 0 radical (unpaired) electrons. The van der Waals surface area contributed by atoms with E-state index >= 15 is 0 Å². The number of phenols is 1. The Kier molecular flexibility index (Phi) is 2.75. The summed E-state index contributed by atoms with van der Waals surface area (Å²) in [6.07, 6.45) is 5.22. The number of hydrogen-bond donors (Lipinski definition) is 1. The Bertz CT molecular complexity index is 676. The van der Waals surface area contributed by atoms with Gasteiger partial charge in [0.1, 0.15) is 5.75 Å². The van der Waals surface area contributed by atoms with E-state index in [9.17, 15) is 5.11 Å². The predicted octanol–water partition coefficient (Wildman–Crippen LogP) is 2.25. The molecule has 6 nitrogen and oxygen atoms in total. The molecule has 1 N–H and O–H groups in total. The first kappa shape index (κ1) is 11.5. The summed E-state index contributed by atoms with van der Waals surface area (Å²) in [7, 11) is 0. The number of phenolic OH excluding ortho intramolecular Hbond substituents is 1. The van der Waals surface area contributed by atoms with Crippen LogP contribution >= 0.6 is 0 Å². The van der Waals surface area contributed by atoms with E-state index in [-0.39, 0.29) is 11.8 Å². The number of imidazole rings is 1. The Morgan fingerprint density at radius 2 is 2.16 bits per heavy atom. The number of nitrogens with zero attached hydrogens (tertiary/aromatic N) is 4. The van der Waals surface area contributed by atoms with Gasteiger partial charge in [0, 0.05) is 12.4 Å². The second kappa shape index (κ2) is 4.56. The summed E-state index contributed by atoms with van der Waals surface area (Å²) in [6.45, 7) is 1.95. The maximum atomic E-state index is 9.75. The van der Waals surface area contributed by atoms with Crippen molar-refractivity contribution in [2.45, 2.75) is 13.0 Å². The molecule has 0 fully saturated rings. The van der Waals surface area contributed by atoms with Crippen LogP contribution in [0.2, 0.25) is 0 Å². The molecule has 0 spiro atoms. The molecular weight excluding hydrogens is 244 g/mol. The number of rotatable bonds is 3. The van der Waals surface area contributed by atoms with Gasteiger partial charge in [0.05, 0.1) is 17.9 Å². The molecule has 0 saturated carbocycles. The lowest BCUT2D eigenvalue weighted by atomic mass is 10.2. The summed E-state index contributed by atoms with van der Waals surface area (Å²) in [6, 6.07) is 6.78. The van der Waals surface area contributed by atoms with Crippen molar-refractivity contribution in [2.24, 2.45) is 0 Å². The van der Waals surface area contributed by atoms with Gasteiger partial charge in [-0.3, -0.25) is 0 Å². The molecule has 3 aromatic rings. The second-order valence-electron chi connectivity index (χ2n) is 4.16. The maximum absolute atomic E-state index is 9.75. The van der Waals surface area contributed by atoms with Gasteiger partial charge < -0.3 is 14.2 Å². The highest BCUT2D eigenvalue weighted by Crippen LogP contribution is 2.28. The van der Waals surface area contributed by atoms with Gasteiger partial charge in [-0.1, -0.05) is 17.3 Å². The molecule has 2 aromatic heterocycles. The minimum absolute atomic E-state index is 0.0779. The first-order chi connectivity index (χ1) is 9.25. The Morgan fingerprint density at radius 1 is 1.32 bits per heavy atom. The van der Waals surface area contributed by atoms with E-state index in [2.05, 4.69) is 15.1 Å². The highest BCUT2D eigenvalue weighted by atomic mass is 16.5. The van der Waals surface area contributed by atoms with E-state index in [1.54, 1.807) is 36.8 Å². The van der Waals surface area contributed by atoms with Crippen LogP contribution in [0.4, 0.5) is 0 Å². The SMILES string of the molecule is C[C@@H](c1noc(-c2ccccc2O)n1)n1ccnc1. The average Bonchev–Trinajstić information content (AvgIpc) is 3.10. The summed E-state index contributed by atoms with van der Waals surface area (Å²) in [5, 5.41) is 13.7. The Balaban J connectivity index is 1.94. The number of benzene rings is 1. The molecule has 0 bridgehead atoms. The zero-order valence-electron chi connectivity index (χ0n) is 10.3. The molecule has 0 aliphatic heterocycles. The van der Waals surface area contributed by atoms with Crippen molar-refractivity contribution >= 4 is 0 Å². The van der Waals surface area contributed by atoms with Crippen LogP contribution in [0, 0.1) is 0 Å². The largest absolute Gasteiger partial charge is 0.507 e. The molecule has 0 amide bonds. The van der Waals surface area contributed by atoms with Crippen molar-refractivity contribution in [1.82, 2.24) is 19.7 Å². The van der Waals surface area contributed by atoms with Crippen LogP contribution in [0.1, 0.15) is 18.8 Å². The average molecular weight is 256 g/mol. The minimum atomic E-state index is -0.0779. The van der Waals surface area contributed by atoms with E-state index in [1.807, 2.05) is 17.7 Å². The van der Waals surface area contributed by atoms with Crippen LogP contribution in [0.15, 0.2) is 47.5 Å². The predicted molar refractivity (Wildman–Crippen MR) is 67.4 cm³/mol. The van der Waals surface area contributed by atoms with Crippen molar-refractivity contribution in [3.8, 4) is 17.2 Å². The van der Waals surface area contributed by atoms with E-state index in [0.29, 0.717) is 17.3 Å². The molecule has 0 aliphatic rings. The third-order valence-electron chi connectivity index (χ3n) is 2.92. The zero-order chi connectivity index (χ0) is 13.2. The highest BCUT2D eigenvalue weighted by molar-refractivity contribution is 5.61. The first-order valence-corrected chi connectivity index (χ1v) is 5.85. The van der Waals surface area contributed by atoms with Gasteiger partial charge in [-0.15, -0.1) is 0 Å². The third kappa shape index (κ3) is 2.08. The van der Waals surface area contributed by atoms with E-state index in [4.69, 9.17) is 4.52 Å². The van der Waals surface area contributed by atoms with Crippen molar-refractivity contribution in [3.05, 3.63) is 48.8 Å². The van der Waals surface area contributed by atoms with Crippen molar-refractivity contribution in [1.29, 1.82) is 0 Å².